The molecular formula is C26H49. The first-order chi connectivity index (χ1) is 12.9. The number of rotatable bonds is 22. The van der Waals surface area contributed by atoms with Gasteiger partial charge in [-0.2, -0.15) is 0 Å². The van der Waals surface area contributed by atoms with Gasteiger partial charge in [-0.05, 0) is 12.8 Å². The van der Waals surface area contributed by atoms with E-state index in [4.69, 9.17) is 6.42 Å². The number of hydrogen-bond donors (Lipinski definition) is 0. The van der Waals surface area contributed by atoms with Crippen molar-refractivity contribution in [1.29, 1.82) is 0 Å². The summed E-state index contributed by atoms with van der Waals surface area (Å²) in [4.78, 5) is 0. The molecule has 0 fully saturated rings. The van der Waals surface area contributed by atoms with E-state index < -0.39 is 0 Å². The third kappa shape index (κ3) is 23.6. The van der Waals surface area contributed by atoms with Crippen LogP contribution in [0.1, 0.15) is 155 Å². The Kier molecular flexibility index (Phi) is 24.1. The van der Waals surface area contributed by atoms with E-state index in [-0.39, 0.29) is 0 Å². The van der Waals surface area contributed by atoms with Gasteiger partial charge >= 0.3 is 0 Å². The van der Waals surface area contributed by atoms with Gasteiger partial charge in [0.1, 0.15) is 0 Å². The third-order valence-corrected chi connectivity index (χ3v) is 5.66. The molecule has 0 heterocycles. The van der Waals surface area contributed by atoms with Crippen molar-refractivity contribution in [3.63, 3.8) is 0 Å². The molecule has 153 valence electrons. The van der Waals surface area contributed by atoms with Crippen LogP contribution < -0.4 is 0 Å². The average Bonchev–Trinajstić information content (AvgIpc) is 2.66. The van der Waals surface area contributed by atoms with Crippen molar-refractivity contribution in [2.24, 2.45) is 0 Å². The summed E-state index contributed by atoms with van der Waals surface area (Å²) in [7, 11) is 0. The first-order valence-corrected chi connectivity index (χ1v) is 12.3. The highest BCUT2D eigenvalue weighted by molar-refractivity contribution is 4.74. The minimum atomic E-state index is 0.860. The first-order valence-electron chi connectivity index (χ1n) is 12.3. The minimum Gasteiger partial charge on any atom is -0.0891 e. The fourth-order valence-electron chi connectivity index (χ4n) is 3.82. The molecule has 0 nitrogen and oxygen atoms in total. The van der Waals surface area contributed by atoms with E-state index in [2.05, 4.69) is 12.8 Å². The lowest BCUT2D eigenvalue weighted by Crippen LogP contribution is -1.84. The van der Waals surface area contributed by atoms with Gasteiger partial charge in [-0.1, -0.05) is 148 Å². The summed E-state index contributed by atoms with van der Waals surface area (Å²) in [5.41, 5.74) is 0. The second kappa shape index (κ2) is 24.6. The van der Waals surface area contributed by atoms with Crippen LogP contribution in [0.25, 0.3) is 0 Å². The van der Waals surface area contributed by atoms with E-state index in [1.54, 1.807) is 0 Å². The average molecular weight is 362 g/mol. The van der Waals surface area contributed by atoms with Crippen LogP contribution in [0.5, 0.6) is 0 Å². The van der Waals surface area contributed by atoms with Crippen molar-refractivity contribution in [2.45, 2.75) is 155 Å². The van der Waals surface area contributed by atoms with Crippen molar-refractivity contribution in [3.05, 3.63) is 6.42 Å². The van der Waals surface area contributed by atoms with E-state index >= 15 is 0 Å². The summed E-state index contributed by atoms with van der Waals surface area (Å²) >= 11 is 0. The molecular weight excluding hydrogens is 312 g/mol. The molecule has 0 amide bonds. The zero-order valence-electron chi connectivity index (χ0n) is 18.3. The standard InChI is InChI=1S/C26H49/c1-3-5-7-9-11-13-15-17-19-21-23-25-26-24-22-20-18-16-14-12-10-8-6-4-2/h3,5-26H2,1H3. The fraction of sp³-hybridized carbons (Fsp3) is 0.923. The van der Waals surface area contributed by atoms with Gasteiger partial charge < -0.3 is 0 Å². The smallest absolute Gasteiger partial charge is 0.00989 e. The van der Waals surface area contributed by atoms with Crippen molar-refractivity contribution in [1.82, 2.24) is 0 Å². The highest BCUT2D eigenvalue weighted by Crippen LogP contribution is 2.15. The number of hydrogen-bond acceptors (Lipinski definition) is 0. The van der Waals surface area contributed by atoms with Crippen molar-refractivity contribution in [2.75, 3.05) is 0 Å². The molecule has 0 saturated carbocycles. The van der Waals surface area contributed by atoms with Crippen LogP contribution in [0, 0.1) is 12.3 Å². The van der Waals surface area contributed by atoms with E-state index in [1.165, 1.54) is 141 Å². The SMILES string of the molecule is [C]#CCCCCCCCCCCCCCCCCCCCCCCCC. The largest absolute Gasteiger partial charge is 0.0891 e. The maximum atomic E-state index is 6.87. The Morgan fingerprint density at radius 1 is 0.385 bits per heavy atom. The van der Waals surface area contributed by atoms with Gasteiger partial charge in [-0.3, -0.25) is 0 Å². The summed E-state index contributed by atoms with van der Waals surface area (Å²) < 4.78 is 0. The van der Waals surface area contributed by atoms with Crippen LogP contribution in [-0.4, -0.2) is 0 Å². The molecule has 0 aliphatic heterocycles. The van der Waals surface area contributed by atoms with Gasteiger partial charge in [0.25, 0.3) is 0 Å². The fourth-order valence-corrected chi connectivity index (χ4v) is 3.82. The molecule has 0 heteroatoms. The van der Waals surface area contributed by atoms with Crippen molar-refractivity contribution >= 4 is 0 Å². The molecule has 0 saturated heterocycles. The second-order valence-corrected chi connectivity index (χ2v) is 8.35. The maximum Gasteiger partial charge on any atom is 0.00989 e. The summed E-state index contributed by atoms with van der Waals surface area (Å²) in [5.74, 6) is 2.48. The Balaban J connectivity index is 2.96. The molecule has 0 atom stereocenters. The summed E-state index contributed by atoms with van der Waals surface area (Å²) in [6, 6.07) is 0. The molecule has 0 aromatic carbocycles. The van der Waals surface area contributed by atoms with Gasteiger partial charge in [0.05, 0.1) is 0 Å². The van der Waals surface area contributed by atoms with Crippen LogP contribution in [0.2, 0.25) is 0 Å². The summed E-state index contributed by atoms with van der Waals surface area (Å²) in [6.45, 7) is 2.30. The molecule has 0 aromatic rings. The van der Waals surface area contributed by atoms with Crippen LogP contribution in [0.15, 0.2) is 0 Å². The zero-order chi connectivity index (χ0) is 19.0. The third-order valence-electron chi connectivity index (χ3n) is 5.66. The molecule has 0 aromatic heterocycles. The molecule has 0 rings (SSSR count). The lowest BCUT2D eigenvalue weighted by molar-refractivity contribution is 0.519. The highest BCUT2D eigenvalue weighted by atomic mass is 14.0. The molecule has 26 heavy (non-hydrogen) atoms. The van der Waals surface area contributed by atoms with Gasteiger partial charge in [0, 0.05) is 6.42 Å². The molecule has 0 N–H and O–H groups in total. The van der Waals surface area contributed by atoms with E-state index in [0.29, 0.717) is 0 Å². The quantitative estimate of drug-likeness (QED) is 0.133. The lowest BCUT2D eigenvalue weighted by atomic mass is 10.0. The zero-order valence-corrected chi connectivity index (χ0v) is 18.3. The van der Waals surface area contributed by atoms with E-state index in [9.17, 15) is 0 Å². The first kappa shape index (κ1) is 25.6. The van der Waals surface area contributed by atoms with E-state index in [0.717, 1.165) is 6.42 Å². The molecule has 0 aliphatic rings. The second-order valence-electron chi connectivity index (χ2n) is 8.35. The number of unbranched alkanes of at least 4 members (excludes halogenated alkanes) is 22. The molecule has 0 aliphatic carbocycles. The predicted molar refractivity (Wildman–Crippen MR) is 119 cm³/mol. The van der Waals surface area contributed by atoms with Crippen molar-refractivity contribution in [3.8, 4) is 5.92 Å². The molecule has 0 bridgehead atoms. The Morgan fingerprint density at radius 3 is 0.846 bits per heavy atom. The summed E-state index contributed by atoms with van der Waals surface area (Å²) in [5, 5.41) is 0. The topological polar surface area (TPSA) is 0 Å². The predicted octanol–water partition coefficient (Wildman–Crippen LogP) is 9.57. The molecule has 0 spiro atoms. The maximum absolute atomic E-state index is 6.87. The molecule has 0 unspecified atom stereocenters. The Hall–Kier alpha value is -0.440. The Bertz CT molecular complexity index is 272. The van der Waals surface area contributed by atoms with Crippen molar-refractivity contribution < 1.29 is 0 Å². The minimum absolute atomic E-state index is 0.860. The monoisotopic (exact) mass is 361 g/mol. The van der Waals surface area contributed by atoms with Crippen LogP contribution in [0.4, 0.5) is 0 Å². The van der Waals surface area contributed by atoms with Crippen LogP contribution >= 0.6 is 0 Å². The normalized spacial score (nSPS) is 10.9. The highest BCUT2D eigenvalue weighted by Gasteiger charge is 1.95. The Morgan fingerprint density at radius 2 is 0.615 bits per heavy atom. The van der Waals surface area contributed by atoms with Crippen LogP contribution in [0.3, 0.4) is 0 Å². The lowest BCUT2D eigenvalue weighted by Gasteiger charge is -2.04. The van der Waals surface area contributed by atoms with Gasteiger partial charge in [0.15, 0.2) is 0 Å². The van der Waals surface area contributed by atoms with Gasteiger partial charge in [-0.25, -0.2) is 0 Å². The summed E-state index contributed by atoms with van der Waals surface area (Å²) in [6.07, 6.45) is 39.2. The van der Waals surface area contributed by atoms with E-state index in [1.807, 2.05) is 0 Å². The molecule has 1 radical (unpaired) electrons. The Labute approximate surface area is 167 Å². The van der Waals surface area contributed by atoms with Gasteiger partial charge in [-0.15, -0.1) is 0 Å². The van der Waals surface area contributed by atoms with Crippen LogP contribution in [-0.2, 0) is 0 Å². The van der Waals surface area contributed by atoms with Gasteiger partial charge in [0.2, 0.25) is 0 Å².